The maximum atomic E-state index is 12.1. The van der Waals surface area contributed by atoms with Gasteiger partial charge in [0, 0.05) is 33.9 Å². The molecule has 4 heterocycles. The lowest BCUT2D eigenvalue weighted by Crippen LogP contribution is -2.40. The first-order valence-electron chi connectivity index (χ1n) is 14.0. The van der Waals surface area contributed by atoms with Gasteiger partial charge in [-0.05, 0) is 36.3 Å². The summed E-state index contributed by atoms with van der Waals surface area (Å²) in [4.78, 5) is 51.3. The van der Waals surface area contributed by atoms with Gasteiger partial charge in [0.15, 0.2) is 35.4 Å². The second kappa shape index (κ2) is 12.3. The van der Waals surface area contributed by atoms with Crippen LogP contribution in [-0.4, -0.2) is 75.4 Å². The summed E-state index contributed by atoms with van der Waals surface area (Å²) in [6.07, 6.45) is 6.44. The molecule has 0 amide bonds. The first-order valence-corrected chi connectivity index (χ1v) is 14.4. The van der Waals surface area contributed by atoms with Crippen LogP contribution in [0, 0.1) is 11.8 Å². The predicted molar refractivity (Wildman–Crippen MR) is 143 cm³/mol. The van der Waals surface area contributed by atoms with Gasteiger partial charge in [0.1, 0.15) is 12.7 Å². The van der Waals surface area contributed by atoms with Crippen molar-refractivity contribution in [3.63, 3.8) is 0 Å². The molecule has 4 atom stereocenters. The fourth-order valence-corrected chi connectivity index (χ4v) is 6.55. The highest BCUT2D eigenvalue weighted by Gasteiger charge is 2.51. The Morgan fingerprint density at radius 3 is 2.23 bits per heavy atom. The van der Waals surface area contributed by atoms with E-state index in [-0.39, 0.29) is 11.9 Å². The molecule has 5 rings (SSSR count). The van der Waals surface area contributed by atoms with Crippen LogP contribution >= 0.6 is 11.6 Å². The van der Waals surface area contributed by atoms with Gasteiger partial charge >= 0.3 is 17.9 Å². The summed E-state index contributed by atoms with van der Waals surface area (Å²) in [5, 5.41) is 0.0497. The summed E-state index contributed by atoms with van der Waals surface area (Å²) in [5.74, 6) is 0.465. The van der Waals surface area contributed by atoms with Crippen LogP contribution in [-0.2, 0) is 33.3 Å². The standard InChI is InChI=1S/C27H36ClN5O7/c1-15(34)37-13-20-22(38-16(2)35)23(39-17(3)36)26(40-20)33-14-29-21-24(30-27(28)31-25(21)33)32-11-9-19(10-12-32)18-7-5-4-6-8-18/h14,18-20,22-23,26H,4-13H2,1-3H3/t20-,22-,23-,26-/m1/s1. The van der Waals surface area contributed by atoms with Gasteiger partial charge in [-0.2, -0.15) is 9.97 Å². The molecule has 2 saturated heterocycles. The average molecular weight is 578 g/mol. The third-order valence-electron chi connectivity index (χ3n) is 8.15. The lowest BCUT2D eigenvalue weighted by Gasteiger charge is -2.38. The van der Waals surface area contributed by atoms with Crippen LogP contribution in [0.1, 0.15) is 71.9 Å². The first kappa shape index (κ1) is 28.5. The fraction of sp³-hybridized carbons (Fsp3) is 0.704. The van der Waals surface area contributed by atoms with Crippen molar-refractivity contribution in [2.24, 2.45) is 11.8 Å². The Kier molecular flexibility index (Phi) is 8.74. The van der Waals surface area contributed by atoms with Crippen LogP contribution in [0.4, 0.5) is 5.82 Å². The van der Waals surface area contributed by atoms with Gasteiger partial charge < -0.3 is 23.8 Å². The summed E-state index contributed by atoms with van der Waals surface area (Å²) in [6, 6.07) is 0. The van der Waals surface area contributed by atoms with E-state index < -0.39 is 42.4 Å². The topological polar surface area (TPSA) is 135 Å². The number of ether oxygens (including phenoxy) is 4. The zero-order chi connectivity index (χ0) is 28.4. The number of hydrogen-bond acceptors (Lipinski definition) is 11. The van der Waals surface area contributed by atoms with E-state index in [1.165, 1.54) is 59.2 Å². The Hall–Kier alpha value is -2.99. The second-order valence-electron chi connectivity index (χ2n) is 10.9. The summed E-state index contributed by atoms with van der Waals surface area (Å²) < 4.78 is 24.0. The Bertz CT molecular complexity index is 1240. The molecule has 0 unspecified atom stereocenters. The molecule has 2 aliphatic heterocycles. The quantitative estimate of drug-likeness (QED) is 0.271. The number of carbonyl (C=O) groups is 3. The van der Waals surface area contributed by atoms with Crippen molar-refractivity contribution in [1.29, 1.82) is 0 Å². The van der Waals surface area contributed by atoms with E-state index in [1.807, 2.05) is 0 Å². The van der Waals surface area contributed by atoms with E-state index in [0.29, 0.717) is 17.0 Å². The zero-order valence-electron chi connectivity index (χ0n) is 23.1. The van der Waals surface area contributed by atoms with Gasteiger partial charge in [-0.3, -0.25) is 19.0 Å². The van der Waals surface area contributed by atoms with Crippen LogP contribution in [0.3, 0.4) is 0 Å². The van der Waals surface area contributed by atoms with Crippen molar-refractivity contribution in [3.05, 3.63) is 11.6 Å². The third-order valence-corrected chi connectivity index (χ3v) is 8.32. The van der Waals surface area contributed by atoms with Crippen LogP contribution in [0.5, 0.6) is 0 Å². The number of imidazole rings is 1. The molecule has 1 aliphatic carbocycles. The number of anilines is 1. The average Bonchev–Trinajstić information content (AvgIpc) is 3.48. The summed E-state index contributed by atoms with van der Waals surface area (Å²) in [5.41, 5.74) is 0.930. The Morgan fingerprint density at radius 2 is 1.57 bits per heavy atom. The number of aromatic nitrogens is 4. The number of fused-ring (bicyclic) bond motifs is 1. The van der Waals surface area contributed by atoms with Gasteiger partial charge in [-0.25, -0.2) is 4.98 Å². The summed E-state index contributed by atoms with van der Waals surface area (Å²) in [6.45, 7) is 5.26. The molecular weight excluding hydrogens is 542 g/mol. The molecule has 0 radical (unpaired) electrons. The minimum Gasteiger partial charge on any atom is -0.463 e. The summed E-state index contributed by atoms with van der Waals surface area (Å²) in [7, 11) is 0. The molecule has 0 aromatic carbocycles. The zero-order valence-corrected chi connectivity index (χ0v) is 23.8. The van der Waals surface area contributed by atoms with E-state index in [1.54, 1.807) is 4.57 Å². The molecule has 40 heavy (non-hydrogen) atoms. The Balaban J connectivity index is 1.43. The summed E-state index contributed by atoms with van der Waals surface area (Å²) >= 11 is 6.42. The van der Waals surface area contributed by atoms with Crippen LogP contribution in [0.2, 0.25) is 5.28 Å². The second-order valence-corrected chi connectivity index (χ2v) is 11.2. The maximum Gasteiger partial charge on any atom is 0.303 e. The molecule has 1 saturated carbocycles. The molecular formula is C27H36ClN5O7. The molecule has 3 aliphatic rings. The van der Waals surface area contributed by atoms with E-state index in [9.17, 15) is 14.4 Å². The van der Waals surface area contributed by atoms with Crippen LogP contribution in [0.15, 0.2) is 6.33 Å². The number of rotatable bonds is 7. The predicted octanol–water partition coefficient (Wildman–Crippen LogP) is 3.60. The van der Waals surface area contributed by atoms with Crippen molar-refractivity contribution in [2.45, 2.75) is 90.3 Å². The number of hydrogen-bond donors (Lipinski definition) is 0. The third kappa shape index (κ3) is 6.17. The highest BCUT2D eigenvalue weighted by Crippen LogP contribution is 2.39. The van der Waals surface area contributed by atoms with Crippen molar-refractivity contribution in [3.8, 4) is 0 Å². The smallest absolute Gasteiger partial charge is 0.303 e. The Morgan fingerprint density at radius 1 is 0.925 bits per heavy atom. The fourth-order valence-electron chi connectivity index (χ4n) is 6.39. The lowest BCUT2D eigenvalue weighted by atomic mass is 9.76. The number of carbonyl (C=O) groups excluding carboxylic acids is 3. The molecule has 0 bridgehead atoms. The van der Waals surface area contributed by atoms with Gasteiger partial charge in [-0.15, -0.1) is 0 Å². The number of halogens is 1. The van der Waals surface area contributed by atoms with E-state index >= 15 is 0 Å². The molecule has 218 valence electrons. The molecule has 12 nitrogen and oxygen atoms in total. The van der Waals surface area contributed by atoms with Gasteiger partial charge in [-0.1, -0.05) is 32.1 Å². The minimum absolute atomic E-state index is 0.0497. The SMILES string of the molecule is CC(=O)OC[C@H]1O[C@@H](n2cnc3c(N4CCC(C5CCCCC5)CC4)nc(Cl)nc32)[C@H](OC(C)=O)[C@@H]1OC(C)=O. The molecule has 0 spiro atoms. The van der Waals surface area contributed by atoms with E-state index in [2.05, 4.69) is 19.9 Å². The maximum absolute atomic E-state index is 12.1. The lowest BCUT2D eigenvalue weighted by molar-refractivity contribution is -0.166. The van der Waals surface area contributed by atoms with E-state index in [0.717, 1.165) is 37.8 Å². The van der Waals surface area contributed by atoms with Gasteiger partial charge in [0.05, 0.1) is 6.33 Å². The highest BCUT2D eigenvalue weighted by molar-refractivity contribution is 6.28. The molecule has 13 heteroatoms. The monoisotopic (exact) mass is 577 g/mol. The van der Waals surface area contributed by atoms with E-state index in [4.69, 9.17) is 30.5 Å². The molecule has 0 N–H and O–H groups in total. The van der Waals surface area contributed by atoms with Crippen molar-refractivity contribution >= 4 is 46.5 Å². The van der Waals surface area contributed by atoms with Gasteiger partial charge in [0.2, 0.25) is 5.28 Å². The molecule has 3 fully saturated rings. The Labute approximate surface area is 237 Å². The normalized spacial score (nSPS) is 26.1. The molecule has 2 aromatic rings. The highest BCUT2D eigenvalue weighted by atomic mass is 35.5. The largest absolute Gasteiger partial charge is 0.463 e. The van der Waals surface area contributed by atoms with Crippen molar-refractivity contribution in [2.75, 3.05) is 24.6 Å². The number of piperidine rings is 1. The van der Waals surface area contributed by atoms with Crippen molar-refractivity contribution < 1.29 is 33.3 Å². The van der Waals surface area contributed by atoms with Crippen LogP contribution < -0.4 is 4.90 Å². The minimum atomic E-state index is -1.05. The number of esters is 3. The first-order chi connectivity index (χ1) is 19.2. The van der Waals surface area contributed by atoms with Crippen LogP contribution in [0.25, 0.3) is 11.2 Å². The van der Waals surface area contributed by atoms with Gasteiger partial charge in [0.25, 0.3) is 0 Å². The molecule has 2 aromatic heterocycles. The number of nitrogens with zero attached hydrogens (tertiary/aromatic N) is 5. The van der Waals surface area contributed by atoms with Crippen molar-refractivity contribution in [1.82, 2.24) is 19.5 Å².